The SMILES string of the molecule is CN(C)[C@@H]1C(=O)C(C(N)=O)=C(O)[C@@]2(O)C(=O)C3=C(O)c4c(O)ccc(Cl)c4[C@@H](O)[C@H]3C[C@@H]12.CN(C)[C@@H]1C(=O)C(C(N)=O)=C(O)[C@@]2(O)C(=O)C3=C(O)c4c(O)ccc(Cl)c4[C@@H](O)[C@H]3C[C@@H]12.O.O.O. The Morgan fingerprint density at radius 2 is 0.896 bits per heavy atom. The number of rotatable bonds is 4. The second kappa shape index (κ2) is 17.9. The molecule has 2 aromatic rings. The number of halogens is 2. The summed E-state index contributed by atoms with van der Waals surface area (Å²) in [6, 6.07) is 2.50. The molecule has 0 aromatic heterocycles. The quantitative estimate of drug-likeness (QED) is 0.144. The van der Waals surface area contributed by atoms with Gasteiger partial charge in [-0.15, -0.1) is 0 Å². The smallest absolute Gasteiger partial charge is 0.255 e. The molecule has 67 heavy (non-hydrogen) atoms. The third kappa shape index (κ3) is 7.16. The lowest BCUT2D eigenvalue weighted by atomic mass is 9.57. The maximum absolute atomic E-state index is 13.6. The molecule has 2 saturated carbocycles. The van der Waals surface area contributed by atoms with E-state index < -0.39 is 151 Å². The van der Waals surface area contributed by atoms with Gasteiger partial charge >= 0.3 is 0 Å². The van der Waals surface area contributed by atoms with Crippen LogP contribution in [0, 0.1) is 23.7 Å². The summed E-state index contributed by atoms with van der Waals surface area (Å²) in [5, 5.41) is 109. The number of hydrogen-bond donors (Lipinski definition) is 12. The van der Waals surface area contributed by atoms with Gasteiger partial charge in [0.25, 0.3) is 11.8 Å². The normalized spacial score (nSPS) is 30.6. The number of fused-ring (bicyclic) bond motifs is 6. The molecule has 8 rings (SSSR count). The van der Waals surface area contributed by atoms with Gasteiger partial charge < -0.3 is 79.0 Å². The van der Waals surface area contributed by atoms with E-state index in [-0.39, 0.29) is 61.6 Å². The van der Waals surface area contributed by atoms with Gasteiger partial charge in [-0.05, 0) is 65.3 Å². The monoisotopic (exact) mass is 982 g/mol. The topological polar surface area (TPSA) is 458 Å². The van der Waals surface area contributed by atoms with Crippen molar-refractivity contribution in [3.05, 3.63) is 90.4 Å². The fourth-order valence-corrected chi connectivity index (χ4v) is 11.0. The number of primary amides is 2. The standard InChI is InChI=1S/2C21H21ClN2O8.3H2O/c2*1-24(2)14-7-5-6-10(16(27)12-9(25)4-3-8(22)11(12)15(6)26)18(29)21(7,32)19(30)13(17(14)28)20(23)31;;;/h2*3-4,6-7,14-15,25-27,30,32H,5H2,1-2H3,(H2,23,31);3*1H2/t2*6-,7-,14-,15-,21-;;;/m00.../s1. The molecule has 2 fully saturated rings. The van der Waals surface area contributed by atoms with Crippen molar-refractivity contribution in [3.63, 3.8) is 0 Å². The minimum absolute atomic E-state index is 0. The van der Waals surface area contributed by atoms with Crippen molar-refractivity contribution in [1.82, 2.24) is 9.80 Å². The minimum Gasteiger partial charge on any atom is -0.508 e. The van der Waals surface area contributed by atoms with Gasteiger partial charge in [-0.3, -0.25) is 38.6 Å². The van der Waals surface area contributed by atoms with Gasteiger partial charge in [-0.25, -0.2) is 0 Å². The third-order valence-corrected chi connectivity index (χ3v) is 13.9. The van der Waals surface area contributed by atoms with Crippen LogP contribution in [-0.2, 0) is 28.8 Å². The summed E-state index contributed by atoms with van der Waals surface area (Å²) >= 11 is 12.4. The van der Waals surface area contributed by atoms with Gasteiger partial charge in [0.1, 0.15) is 45.7 Å². The number of aromatic hydroxyl groups is 2. The van der Waals surface area contributed by atoms with Gasteiger partial charge in [0.2, 0.25) is 11.6 Å². The maximum atomic E-state index is 13.6. The van der Waals surface area contributed by atoms with E-state index in [0.29, 0.717) is 0 Å². The minimum atomic E-state index is -2.77. The highest BCUT2D eigenvalue weighted by molar-refractivity contribution is 6.32. The number of aliphatic hydroxyl groups is 8. The fraction of sp³-hybridized carbons (Fsp3) is 0.381. The molecule has 0 spiro atoms. The lowest BCUT2D eigenvalue weighted by Crippen LogP contribution is -2.66. The molecule has 25 heteroatoms. The largest absolute Gasteiger partial charge is 0.508 e. The van der Waals surface area contributed by atoms with Gasteiger partial charge in [-0.2, -0.15) is 0 Å². The van der Waals surface area contributed by atoms with Gasteiger partial charge in [0.05, 0.1) is 35.4 Å². The average molecular weight is 984 g/mol. The van der Waals surface area contributed by atoms with Crippen LogP contribution >= 0.6 is 23.2 Å². The molecule has 2 amide bonds. The van der Waals surface area contributed by atoms with Crippen molar-refractivity contribution in [2.75, 3.05) is 28.2 Å². The number of hydrogen-bond acceptors (Lipinski definition) is 18. The van der Waals surface area contributed by atoms with Crippen LogP contribution in [0.5, 0.6) is 11.5 Å². The van der Waals surface area contributed by atoms with E-state index in [4.69, 9.17) is 34.7 Å². The molecule has 6 aliphatic carbocycles. The first-order valence-electron chi connectivity index (χ1n) is 19.4. The van der Waals surface area contributed by atoms with E-state index in [1.165, 1.54) is 62.3 Å². The summed E-state index contributed by atoms with van der Waals surface area (Å²) in [6.07, 6.45) is -3.41. The first-order valence-corrected chi connectivity index (χ1v) is 20.1. The highest BCUT2D eigenvalue weighted by Gasteiger charge is 2.67. The predicted octanol–water partition coefficient (Wildman–Crippen LogP) is -2.26. The summed E-state index contributed by atoms with van der Waals surface area (Å²) in [7, 11) is 5.94. The van der Waals surface area contributed by atoms with Crippen molar-refractivity contribution in [1.29, 1.82) is 0 Å². The van der Waals surface area contributed by atoms with Crippen LogP contribution < -0.4 is 11.5 Å². The van der Waals surface area contributed by atoms with Crippen molar-refractivity contribution in [2.24, 2.45) is 35.1 Å². The van der Waals surface area contributed by atoms with Crippen molar-refractivity contribution >= 4 is 69.7 Å². The molecule has 23 nitrogen and oxygen atoms in total. The molecular formula is C42H48Cl2N4O19. The number of nitrogens with zero attached hydrogens (tertiary/aromatic N) is 2. The Hall–Kier alpha value is -5.96. The number of carbonyl (C=O) groups is 6. The van der Waals surface area contributed by atoms with Gasteiger partial charge in [-0.1, -0.05) is 23.2 Å². The Kier molecular flexibility index (Phi) is 14.4. The van der Waals surface area contributed by atoms with E-state index in [1.54, 1.807) is 0 Å². The van der Waals surface area contributed by atoms with E-state index in [1.807, 2.05) is 0 Å². The zero-order valence-corrected chi connectivity index (χ0v) is 37.1. The number of carbonyl (C=O) groups excluding carboxylic acids is 6. The number of ketones is 4. The number of phenols is 2. The fourth-order valence-electron chi connectivity index (χ4n) is 10.5. The van der Waals surface area contributed by atoms with Crippen molar-refractivity contribution < 1.29 is 96.3 Å². The summed E-state index contributed by atoms with van der Waals surface area (Å²) in [5.41, 5.74) is 1.69. The van der Waals surface area contributed by atoms with Crippen LogP contribution in [-0.4, -0.2) is 164 Å². The molecule has 6 aliphatic rings. The number of nitrogens with two attached hydrogens (primary N) is 2. The van der Waals surface area contributed by atoms with Crippen LogP contribution in [0.25, 0.3) is 11.5 Å². The molecule has 20 N–H and O–H groups in total. The van der Waals surface area contributed by atoms with Crippen LogP contribution in [0.15, 0.2) is 58.1 Å². The number of phenolic OH excluding ortho intramolecular Hbond substituents is 2. The number of benzene rings is 2. The zero-order valence-electron chi connectivity index (χ0n) is 35.6. The Labute approximate surface area is 388 Å². The van der Waals surface area contributed by atoms with E-state index in [0.717, 1.165) is 0 Å². The van der Waals surface area contributed by atoms with Gasteiger partial charge in [0.15, 0.2) is 22.8 Å². The van der Waals surface area contributed by atoms with Crippen LogP contribution in [0.1, 0.15) is 47.3 Å². The number of amides is 2. The highest BCUT2D eigenvalue weighted by atomic mass is 35.5. The van der Waals surface area contributed by atoms with Crippen LogP contribution in [0.4, 0.5) is 0 Å². The first-order chi connectivity index (χ1) is 29.7. The lowest BCUT2D eigenvalue weighted by molar-refractivity contribution is -0.157. The Morgan fingerprint density at radius 3 is 1.16 bits per heavy atom. The molecule has 0 aliphatic heterocycles. The number of aliphatic hydroxyl groups excluding tert-OH is 6. The summed E-state index contributed by atoms with van der Waals surface area (Å²) in [6.45, 7) is 0. The van der Waals surface area contributed by atoms with E-state index in [2.05, 4.69) is 0 Å². The van der Waals surface area contributed by atoms with Gasteiger partial charge in [0, 0.05) is 56.0 Å². The third-order valence-electron chi connectivity index (χ3n) is 13.3. The lowest BCUT2D eigenvalue weighted by Gasteiger charge is -2.51. The molecular weight excluding hydrogens is 935 g/mol. The van der Waals surface area contributed by atoms with Crippen molar-refractivity contribution in [3.8, 4) is 11.5 Å². The number of likely N-dealkylation sites (N-methyl/N-ethyl adjacent to an activating group) is 2. The summed E-state index contributed by atoms with van der Waals surface area (Å²) in [4.78, 5) is 79.6. The Bertz CT molecular complexity index is 2500. The maximum Gasteiger partial charge on any atom is 0.255 e. The molecule has 0 heterocycles. The molecule has 0 saturated heterocycles. The molecule has 10 atom stereocenters. The van der Waals surface area contributed by atoms with Crippen molar-refractivity contribution in [2.45, 2.75) is 48.3 Å². The number of Topliss-reactive ketones (excluding diaryl/α,β-unsaturated/α-hetero) is 4. The predicted molar refractivity (Wildman–Crippen MR) is 232 cm³/mol. The molecule has 2 aromatic carbocycles. The van der Waals surface area contributed by atoms with E-state index >= 15 is 0 Å². The molecule has 0 unspecified atom stereocenters. The molecule has 0 bridgehead atoms. The van der Waals surface area contributed by atoms with Crippen LogP contribution in [0.2, 0.25) is 10.0 Å². The highest BCUT2D eigenvalue weighted by Crippen LogP contribution is 2.58. The molecule has 364 valence electrons. The average Bonchev–Trinajstić information content (AvgIpc) is 3.19. The zero-order chi connectivity index (χ0) is 47.7. The Balaban J connectivity index is 0.000000280. The second-order valence-corrected chi connectivity index (χ2v) is 17.7. The summed E-state index contributed by atoms with van der Waals surface area (Å²) < 4.78 is 0. The summed E-state index contributed by atoms with van der Waals surface area (Å²) in [5.74, 6) is -16.4. The Morgan fingerprint density at radius 1 is 0.597 bits per heavy atom. The molecule has 0 radical (unpaired) electrons. The van der Waals surface area contributed by atoms with E-state index in [9.17, 15) is 79.8 Å². The van der Waals surface area contributed by atoms with Crippen LogP contribution in [0.3, 0.4) is 0 Å². The first kappa shape index (κ1) is 53.7. The second-order valence-electron chi connectivity index (χ2n) is 16.9.